The molecule has 1 atom stereocenters. The van der Waals surface area contributed by atoms with Crippen LogP contribution in [-0.2, 0) is 5.41 Å². The molecule has 3 nitrogen and oxygen atoms in total. The molecule has 0 aliphatic carbocycles. The minimum absolute atomic E-state index is 0.0433. The van der Waals surface area contributed by atoms with Gasteiger partial charge in [0.05, 0.1) is 0 Å². The Labute approximate surface area is 125 Å². The molecule has 0 fully saturated rings. The van der Waals surface area contributed by atoms with E-state index in [4.69, 9.17) is 0 Å². The molecule has 19 heavy (non-hydrogen) atoms. The van der Waals surface area contributed by atoms with Gasteiger partial charge in [-0.2, -0.15) is 0 Å². The number of nitrogens with zero attached hydrogens (tertiary/aromatic N) is 2. The average molecular weight is 328 g/mol. The maximum absolute atomic E-state index is 4.64. The van der Waals surface area contributed by atoms with Crippen LogP contribution in [0.4, 0.5) is 5.82 Å². The molecule has 0 bridgehead atoms. The SMILES string of the molecule is CCC(CC)C(C)Nc1cc(Br)nc(C(C)(C)C)n1. The largest absolute Gasteiger partial charge is 0.367 e. The van der Waals surface area contributed by atoms with Gasteiger partial charge in [-0.25, -0.2) is 9.97 Å². The zero-order chi connectivity index (χ0) is 14.6. The Hall–Kier alpha value is -0.640. The summed E-state index contributed by atoms with van der Waals surface area (Å²) in [6, 6.07) is 2.37. The van der Waals surface area contributed by atoms with Gasteiger partial charge in [0.1, 0.15) is 16.2 Å². The molecule has 1 rings (SSSR count). The number of aromatic nitrogens is 2. The van der Waals surface area contributed by atoms with Crippen LogP contribution in [0.5, 0.6) is 0 Å². The lowest BCUT2D eigenvalue weighted by Gasteiger charge is -2.24. The van der Waals surface area contributed by atoms with Crippen LogP contribution in [0.3, 0.4) is 0 Å². The fraction of sp³-hybridized carbons (Fsp3) is 0.733. The van der Waals surface area contributed by atoms with E-state index >= 15 is 0 Å². The van der Waals surface area contributed by atoms with Crippen LogP contribution >= 0.6 is 15.9 Å². The van der Waals surface area contributed by atoms with E-state index in [1.54, 1.807) is 0 Å². The van der Waals surface area contributed by atoms with Crippen LogP contribution in [0.1, 0.15) is 60.2 Å². The van der Waals surface area contributed by atoms with E-state index in [9.17, 15) is 0 Å². The Kier molecular flexibility index (Phi) is 5.78. The molecule has 1 aromatic heterocycles. The second-order valence-corrected chi connectivity index (χ2v) is 6.97. The quantitative estimate of drug-likeness (QED) is 0.791. The predicted molar refractivity (Wildman–Crippen MR) is 85.6 cm³/mol. The van der Waals surface area contributed by atoms with Crippen molar-refractivity contribution < 1.29 is 0 Å². The van der Waals surface area contributed by atoms with Crippen LogP contribution in [0.25, 0.3) is 0 Å². The molecule has 0 aliphatic rings. The van der Waals surface area contributed by atoms with Crippen LogP contribution < -0.4 is 5.32 Å². The predicted octanol–water partition coefficient (Wildman–Crippen LogP) is 4.77. The summed E-state index contributed by atoms with van der Waals surface area (Å²) < 4.78 is 0.840. The summed E-state index contributed by atoms with van der Waals surface area (Å²) >= 11 is 3.48. The van der Waals surface area contributed by atoms with Gasteiger partial charge >= 0.3 is 0 Å². The lowest BCUT2D eigenvalue weighted by molar-refractivity contribution is 0.436. The van der Waals surface area contributed by atoms with E-state index in [0.29, 0.717) is 12.0 Å². The lowest BCUT2D eigenvalue weighted by Crippen LogP contribution is -2.26. The second-order valence-electron chi connectivity index (χ2n) is 6.16. The minimum Gasteiger partial charge on any atom is -0.367 e. The topological polar surface area (TPSA) is 37.8 Å². The van der Waals surface area contributed by atoms with Crippen molar-refractivity contribution in [2.75, 3.05) is 5.32 Å². The number of halogens is 1. The van der Waals surface area contributed by atoms with E-state index in [2.05, 4.69) is 72.8 Å². The molecule has 0 saturated carbocycles. The summed E-state index contributed by atoms with van der Waals surface area (Å²) in [7, 11) is 0. The molecule has 1 unspecified atom stereocenters. The molecule has 4 heteroatoms. The van der Waals surface area contributed by atoms with E-state index in [-0.39, 0.29) is 5.41 Å². The van der Waals surface area contributed by atoms with Crippen molar-refractivity contribution in [1.82, 2.24) is 9.97 Å². The summed E-state index contributed by atoms with van der Waals surface area (Å²) in [5.74, 6) is 2.44. The van der Waals surface area contributed by atoms with Crippen LogP contribution in [0.2, 0.25) is 0 Å². The summed E-state index contributed by atoms with van der Waals surface area (Å²) in [5.41, 5.74) is -0.0433. The van der Waals surface area contributed by atoms with E-state index in [0.717, 1.165) is 16.2 Å². The zero-order valence-corrected chi connectivity index (χ0v) is 14.5. The molecular formula is C15H26BrN3. The van der Waals surface area contributed by atoms with Gasteiger partial charge in [0.15, 0.2) is 0 Å². The Morgan fingerprint density at radius 2 is 1.79 bits per heavy atom. The van der Waals surface area contributed by atoms with Gasteiger partial charge in [-0.05, 0) is 28.8 Å². The summed E-state index contributed by atoms with van der Waals surface area (Å²) in [6.07, 6.45) is 2.37. The molecular weight excluding hydrogens is 302 g/mol. The number of rotatable bonds is 5. The molecule has 0 aliphatic heterocycles. The molecule has 0 saturated heterocycles. The van der Waals surface area contributed by atoms with E-state index in [1.807, 2.05) is 6.07 Å². The van der Waals surface area contributed by atoms with Crippen LogP contribution in [0, 0.1) is 5.92 Å². The standard InChI is InChI=1S/C15H26BrN3/c1-7-11(8-2)10(3)17-13-9-12(16)18-14(19-13)15(4,5)6/h9-11H,7-8H2,1-6H3,(H,17,18,19). The van der Waals surface area contributed by atoms with Crippen molar-refractivity contribution in [2.45, 2.75) is 65.8 Å². The minimum atomic E-state index is -0.0433. The Balaban J connectivity index is 2.93. The third-order valence-corrected chi connectivity index (χ3v) is 3.90. The second kappa shape index (κ2) is 6.69. The highest BCUT2D eigenvalue weighted by molar-refractivity contribution is 9.10. The van der Waals surface area contributed by atoms with Gasteiger partial charge < -0.3 is 5.32 Å². The van der Waals surface area contributed by atoms with Crippen molar-refractivity contribution in [1.29, 1.82) is 0 Å². The number of nitrogens with one attached hydrogen (secondary N) is 1. The average Bonchev–Trinajstić information content (AvgIpc) is 2.28. The van der Waals surface area contributed by atoms with Gasteiger partial charge in [0.25, 0.3) is 0 Å². The third-order valence-electron chi connectivity index (χ3n) is 3.50. The molecule has 0 aromatic carbocycles. The lowest BCUT2D eigenvalue weighted by atomic mass is 9.95. The summed E-state index contributed by atoms with van der Waals surface area (Å²) in [4.78, 5) is 9.11. The van der Waals surface area contributed by atoms with E-state index in [1.165, 1.54) is 12.8 Å². The van der Waals surface area contributed by atoms with E-state index < -0.39 is 0 Å². The molecule has 0 amide bonds. The third kappa shape index (κ3) is 4.75. The van der Waals surface area contributed by atoms with Crippen molar-refractivity contribution in [2.24, 2.45) is 5.92 Å². The summed E-state index contributed by atoms with van der Waals surface area (Å²) in [5, 5.41) is 3.52. The van der Waals surface area contributed by atoms with Crippen molar-refractivity contribution in [3.05, 3.63) is 16.5 Å². The first-order valence-electron chi connectivity index (χ1n) is 7.09. The Bertz CT molecular complexity index is 408. The number of hydrogen-bond donors (Lipinski definition) is 1. The molecule has 1 aromatic rings. The summed E-state index contributed by atoms with van der Waals surface area (Å²) in [6.45, 7) is 13.1. The van der Waals surface area contributed by atoms with Gasteiger partial charge in [0.2, 0.25) is 0 Å². The maximum atomic E-state index is 4.64. The highest BCUT2D eigenvalue weighted by atomic mass is 79.9. The van der Waals surface area contributed by atoms with Crippen LogP contribution in [-0.4, -0.2) is 16.0 Å². The fourth-order valence-corrected chi connectivity index (χ4v) is 2.56. The van der Waals surface area contributed by atoms with Gasteiger partial charge in [-0.15, -0.1) is 0 Å². The highest BCUT2D eigenvalue weighted by Gasteiger charge is 2.20. The van der Waals surface area contributed by atoms with Crippen LogP contribution in [0.15, 0.2) is 10.7 Å². The van der Waals surface area contributed by atoms with Crippen molar-refractivity contribution in [3.63, 3.8) is 0 Å². The first-order valence-corrected chi connectivity index (χ1v) is 7.88. The first-order chi connectivity index (χ1) is 8.77. The Morgan fingerprint density at radius 1 is 1.21 bits per heavy atom. The van der Waals surface area contributed by atoms with Gasteiger partial charge in [-0.1, -0.05) is 47.5 Å². The highest BCUT2D eigenvalue weighted by Crippen LogP contribution is 2.24. The van der Waals surface area contributed by atoms with Gasteiger partial charge in [0, 0.05) is 17.5 Å². The monoisotopic (exact) mass is 327 g/mol. The number of hydrogen-bond acceptors (Lipinski definition) is 3. The maximum Gasteiger partial charge on any atom is 0.137 e. The molecule has 108 valence electrons. The molecule has 0 spiro atoms. The van der Waals surface area contributed by atoms with Crippen molar-refractivity contribution >= 4 is 21.7 Å². The fourth-order valence-electron chi connectivity index (χ4n) is 2.17. The molecule has 1 N–H and O–H groups in total. The zero-order valence-electron chi connectivity index (χ0n) is 12.9. The Morgan fingerprint density at radius 3 is 2.26 bits per heavy atom. The smallest absolute Gasteiger partial charge is 0.137 e. The van der Waals surface area contributed by atoms with Crippen molar-refractivity contribution in [3.8, 4) is 0 Å². The number of anilines is 1. The normalized spacial score (nSPS) is 13.7. The van der Waals surface area contributed by atoms with Gasteiger partial charge in [-0.3, -0.25) is 0 Å². The molecule has 1 heterocycles. The first kappa shape index (κ1) is 16.4. The molecule has 0 radical (unpaired) electrons.